The number of rotatable bonds is 2. The van der Waals surface area contributed by atoms with Crippen LogP contribution in [-0.2, 0) is 16.1 Å². The molecule has 6 heteroatoms. The summed E-state index contributed by atoms with van der Waals surface area (Å²) in [5, 5.41) is 3.84. The summed E-state index contributed by atoms with van der Waals surface area (Å²) in [4.78, 5) is 24.8. The van der Waals surface area contributed by atoms with Crippen molar-refractivity contribution in [2.24, 2.45) is 0 Å². The highest BCUT2D eigenvalue weighted by Gasteiger charge is 2.17. The molecule has 0 saturated carbocycles. The molecule has 2 heterocycles. The van der Waals surface area contributed by atoms with Gasteiger partial charge in [-0.05, 0) is 6.07 Å². The summed E-state index contributed by atoms with van der Waals surface area (Å²) in [5.41, 5.74) is -0.260. The highest BCUT2D eigenvalue weighted by molar-refractivity contribution is 5.75. The summed E-state index contributed by atoms with van der Waals surface area (Å²) < 4.78 is 6.31. The third kappa shape index (κ3) is 2.46. The lowest BCUT2D eigenvalue weighted by molar-refractivity contribution is -0.136. The number of ether oxygens (including phenoxy) is 1. The molecule has 0 atom stereocenters. The lowest BCUT2D eigenvalue weighted by Gasteiger charge is -2.26. The average molecular weight is 223 g/mol. The van der Waals surface area contributed by atoms with E-state index in [1.165, 1.54) is 12.3 Å². The molecular formula is C10H13N3O3. The maximum Gasteiger partial charge on any atom is 0.267 e. The third-order valence-electron chi connectivity index (χ3n) is 2.43. The van der Waals surface area contributed by atoms with Gasteiger partial charge in [0.25, 0.3) is 5.56 Å². The molecule has 0 aromatic carbocycles. The largest absolute Gasteiger partial charge is 0.378 e. The molecule has 6 nitrogen and oxygen atoms in total. The van der Waals surface area contributed by atoms with Crippen molar-refractivity contribution >= 4 is 5.91 Å². The Bertz CT molecular complexity index is 423. The van der Waals surface area contributed by atoms with Crippen molar-refractivity contribution in [3.63, 3.8) is 0 Å². The molecule has 1 aromatic rings. The van der Waals surface area contributed by atoms with Gasteiger partial charge in [0, 0.05) is 25.4 Å². The van der Waals surface area contributed by atoms with E-state index in [0.29, 0.717) is 26.3 Å². The van der Waals surface area contributed by atoms with Gasteiger partial charge in [0.15, 0.2) is 0 Å². The van der Waals surface area contributed by atoms with Gasteiger partial charge in [-0.25, -0.2) is 4.68 Å². The van der Waals surface area contributed by atoms with Crippen molar-refractivity contribution in [3.8, 4) is 0 Å². The SMILES string of the molecule is O=C(Cn1ncccc1=O)N1CCOCC1. The van der Waals surface area contributed by atoms with E-state index < -0.39 is 0 Å². The Balaban J connectivity index is 2.01. The van der Waals surface area contributed by atoms with Gasteiger partial charge >= 0.3 is 0 Å². The van der Waals surface area contributed by atoms with Gasteiger partial charge < -0.3 is 9.64 Å². The fourth-order valence-corrected chi connectivity index (χ4v) is 1.55. The molecule has 0 unspecified atom stereocenters. The number of hydrogen-bond acceptors (Lipinski definition) is 4. The molecule has 0 aliphatic carbocycles. The zero-order valence-corrected chi connectivity index (χ0v) is 8.83. The summed E-state index contributed by atoms with van der Waals surface area (Å²) in [5.74, 6) is -0.0934. The summed E-state index contributed by atoms with van der Waals surface area (Å²) >= 11 is 0. The number of nitrogens with zero attached hydrogens (tertiary/aromatic N) is 3. The number of carbonyl (C=O) groups is 1. The van der Waals surface area contributed by atoms with E-state index in [2.05, 4.69) is 5.10 Å². The smallest absolute Gasteiger partial charge is 0.267 e. The highest BCUT2D eigenvalue weighted by Crippen LogP contribution is 1.98. The van der Waals surface area contributed by atoms with Gasteiger partial charge in [0.2, 0.25) is 5.91 Å². The average Bonchev–Trinajstić information content (AvgIpc) is 2.33. The van der Waals surface area contributed by atoms with Crippen LogP contribution in [0.2, 0.25) is 0 Å². The molecular weight excluding hydrogens is 210 g/mol. The lowest BCUT2D eigenvalue weighted by atomic mass is 10.4. The van der Waals surface area contributed by atoms with Gasteiger partial charge in [0.1, 0.15) is 6.54 Å². The third-order valence-corrected chi connectivity index (χ3v) is 2.43. The molecule has 1 aliphatic rings. The molecule has 0 N–H and O–H groups in total. The van der Waals surface area contributed by atoms with E-state index in [0.717, 1.165) is 4.68 Å². The summed E-state index contributed by atoms with van der Waals surface area (Å²) in [7, 11) is 0. The minimum atomic E-state index is -0.260. The van der Waals surface area contributed by atoms with Crippen LogP contribution in [0.3, 0.4) is 0 Å². The van der Waals surface area contributed by atoms with Gasteiger partial charge in [-0.1, -0.05) is 0 Å². The molecule has 1 amide bonds. The quantitative estimate of drug-likeness (QED) is 0.652. The molecule has 0 bridgehead atoms. The normalized spacial score (nSPS) is 16.1. The second-order valence-corrected chi connectivity index (χ2v) is 3.51. The Morgan fingerprint density at radius 1 is 1.44 bits per heavy atom. The maximum absolute atomic E-state index is 11.8. The number of amides is 1. The molecule has 0 spiro atoms. The second-order valence-electron chi connectivity index (χ2n) is 3.51. The van der Waals surface area contributed by atoms with Crippen LogP contribution >= 0.6 is 0 Å². The minimum Gasteiger partial charge on any atom is -0.378 e. The van der Waals surface area contributed by atoms with E-state index in [4.69, 9.17) is 4.74 Å². The standard InChI is InChI=1S/C10H13N3O3/c14-9-2-1-3-11-13(9)8-10(15)12-4-6-16-7-5-12/h1-3H,4-8H2. The molecule has 1 saturated heterocycles. The van der Waals surface area contributed by atoms with Crippen LogP contribution in [0, 0.1) is 0 Å². The van der Waals surface area contributed by atoms with Crippen molar-refractivity contribution in [1.82, 2.24) is 14.7 Å². The van der Waals surface area contributed by atoms with Crippen molar-refractivity contribution in [1.29, 1.82) is 0 Å². The maximum atomic E-state index is 11.8. The first-order valence-electron chi connectivity index (χ1n) is 5.15. The van der Waals surface area contributed by atoms with E-state index in [1.807, 2.05) is 0 Å². The Kier molecular flexibility index (Phi) is 3.31. The lowest BCUT2D eigenvalue weighted by Crippen LogP contribution is -2.43. The van der Waals surface area contributed by atoms with Crippen LogP contribution < -0.4 is 5.56 Å². The molecule has 16 heavy (non-hydrogen) atoms. The Morgan fingerprint density at radius 2 is 2.19 bits per heavy atom. The second kappa shape index (κ2) is 4.89. The van der Waals surface area contributed by atoms with E-state index in [-0.39, 0.29) is 18.0 Å². The Labute approximate surface area is 92.4 Å². The van der Waals surface area contributed by atoms with Crippen LogP contribution in [-0.4, -0.2) is 46.9 Å². The molecule has 1 fully saturated rings. The summed E-state index contributed by atoms with van der Waals surface area (Å²) in [6.07, 6.45) is 1.49. The first-order valence-corrected chi connectivity index (χ1v) is 5.15. The van der Waals surface area contributed by atoms with Gasteiger partial charge in [-0.2, -0.15) is 5.10 Å². The minimum absolute atomic E-state index is 0.000324. The summed E-state index contributed by atoms with van der Waals surface area (Å²) in [6.45, 7) is 2.28. The van der Waals surface area contributed by atoms with Gasteiger partial charge in [-0.15, -0.1) is 0 Å². The first kappa shape index (κ1) is 10.8. The van der Waals surface area contributed by atoms with E-state index in [9.17, 15) is 9.59 Å². The molecule has 1 aliphatic heterocycles. The first-order chi connectivity index (χ1) is 7.77. The Hall–Kier alpha value is -1.69. The Morgan fingerprint density at radius 3 is 2.88 bits per heavy atom. The zero-order chi connectivity index (χ0) is 11.4. The fourth-order valence-electron chi connectivity index (χ4n) is 1.55. The van der Waals surface area contributed by atoms with Crippen LogP contribution in [0.1, 0.15) is 0 Å². The van der Waals surface area contributed by atoms with Crippen molar-refractivity contribution in [3.05, 3.63) is 28.7 Å². The van der Waals surface area contributed by atoms with Crippen LogP contribution in [0.5, 0.6) is 0 Å². The zero-order valence-electron chi connectivity index (χ0n) is 8.83. The number of hydrogen-bond donors (Lipinski definition) is 0. The molecule has 2 rings (SSSR count). The van der Waals surface area contributed by atoms with E-state index >= 15 is 0 Å². The van der Waals surface area contributed by atoms with Crippen LogP contribution in [0.25, 0.3) is 0 Å². The fraction of sp³-hybridized carbons (Fsp3) is 0.500. The van der Waals surface area contributed by atoms with Gasteiger partial charge in [-0.3, -0.25) is 9.59 Å². The summed E-state index contributed by atoms with van der Waals surface area (Å²) in [6, 6.07) is 2.94. The predicted molar refractivity (Wildman–Crippen MR) is 55.9 cm³/mol. The number of aromatic nitrogens is 2. The van der Waals surface area contributed by atoms with Crippen molar-refractivity contribution in [2.75, 3.05) is 26.3 Å². The monoisotopic (exact) mass is 223 g/mol. The van der Waals surface area contributed by atoms with Gasteiger partial charge in [0.05, 0.1) is 13.2 Å². The van der Waals surface area contributed by atoms with Crippen molar-refractivity contribution in [2.45, 2.75) is 6.54 Å². The number of morpholine rings is 1. The molecule has 1 aromatic heterocycles. The van der Waals surface area contributed by atoms with Crippen LogP contribution in [0.15, 0.2) is 23.1 Å². The number of carbonyl (C=O) groups excluding carboxylic acids is 1. The topological polar surface area (TPSA) is 64.4 Å². The predicted octanol–water partition coefficient (Wildman–Crippen LogP) is -0.898. The molecule has 86 valence electrons. The van der Waals surface area contributed by atoms with Crippen molar-refractivity contribution < 1.29 is 9.53 Å². The van der Waals surface area contributed by atoms with E-state index in [1.54, 1.807) is 11.0 Å². The highest BCUT2D eigenvalue weighted by atomic mass is 16.5. The van der Waals surface area contributed by atoms with Crippen LogP contribution in [0.4, 0.5) is 0 Å². The molecule has 0 radical (unpaired) electrons.